The van der Waals surface area contributed by atoms with Gasteiger partial charge in [-0.15, -0.1) is 11.3 Å². The van der Waals surface area contributed by atoms with E-state index in [1.54, 1.807) is 11.3 Å². The Labute approximate surface area is 122 Å². The fourth-order valence-corrected chi connectivity index (χ4v) is 2.33. The number of nitrogens with one attached hydrogen (secondary N) is 1. The Kier molecular flexibility index (Phi) is 5.19. The van der Waals surface area contributed by atoms with Gasteiger partial charge in [-0.25, -0.2) is 4.98 Å². The summed E-state index contributed by atoms with van der Waals surface area (Å²) in [7, 11) is 0. The summed E-state index contributed by atoms with van der Waals surface area (Å²) >= 11 is 7.47. The van der Waals surface area contributed by atoms with E-state index >= 15 is 0 Å². The van der Waals surface area contributed by atoms with Crippen molar-refractivity contribution in [3.05, 3.63) is 45.4 Å². The van der Waals surface area contributed by atoms with Gasteiger partial charge in [0.25, 0.3) is 0 Å². The average molecular weight is 297 g/mol. The van der Waals surface area contributed by atoms with Crippen LogP contribution in [-0.4, -0.2) is 11.0 Å². The minimum atomic E-state index is 0.470. The largest absolute Gasteiger partial charge is 0.487 e. The van der Waals surface area contributed by atoms with Gasteiger partial charge in [0.1, 0.15) is 17.4 Å². The summed E-state index contributed by atoms with van der Waals surface area (Å²) < 4.78 is 5.65. The van der Waals surface area contributed by atoms with Crippen LogP contribution in [0.4, 0.5) is 0 Å². The molecule has 0 saturated heterocycles. The first kappa shape index (κ1) is 14.3. The third-order valence-electron chi connectivity index (χ3n) is 2.46. The molecule has 0 aliphatic heterocycles. The molecule has 0 atom stereocenters. The smallest absolute Gasteiger partial charge is 0.131 e. The van der Waals surface area contributed by atoms with Gasteiger partial charge in [0.15, 0.2) is 0 Å². The van der Waals surface area contributed by atoms with Crippen LogP contribution in [-0.2, 0) is 13.2 Å². The highest BCUT2D eigenvalue weighted by Gasteiger charge is 2.03. The van der Waals surface area contributed by atoms with Crippen molar-refractivity contribution in [1.29, 1.82) is 0 Å². The Morgan fingerprint density at radius 2 is 2.05 bits per heavy atom. The molecule has 0 bridgehead atoms. The Bertz CT molecular complexity index is 510. The number of nitrogens with zero attached hydrogens (tertiary/aromatic N) is 1. The summed E-state index contributed by atoms with van der Waals surface area (Å²) in [5, 5.41) is 7.18. The number of benzene rings is 1. The Balaban J connectivity index is 1.84. The number of ether oxygens (including phenoxy) is 1. The average Bonchev–Trinajstić information content (AvgIpc) is 2.84. The number of aromatic nitrogens is 1. The predicted molar refractivity (Wildman–Crippen MR) is 79.9 cm³/mol. The van der Waals surface area contributed by atoms with E-state index in [0.29, 0.717) is 17.7 Å². The summed E-state index contributed by atoms with van der Waals surface area (Å²) in [6.45, 7) is 5.54. The van der Waals surface area contributed by atoms with Crippen molar-refractivity contribution in [3.63, 3.8) is 0 Å². The first-order chi connectivity index (χ1) is 9.13. The highest BCUT2D eigenvalue weighted by Crippen LogP contribution is 2.17. The summed E-state index contributed by atoms with van der Waals surface area (Å²) in [5.41, 5.74) is 0.959. The quantitative estimate of drug-likeness (QED) is 0.878. The molecule has 0 amide bonds. The summed E-state index contributed by atoms with van der Waals surface area (Å²) in [5.74, 6) is 0.805. The molecule has 0 spiro atoms. The molecule has 0 radical (unpaired) electrons. The van der Waals surface area contributed by atoms with E-state index < -0.39 is 0 Å². The van der Waals surface area contributed by atoms with Crippen LogP contribution in [0.1, 0.15) is 24.5 Å². The minimum Gasteiger partial charge on any atom is -0.487 e. The normalized spacial score (nSPS) is 10.9. The van der Waals surface area contributed by atoms with Crippen LogP contribution in [0.3, 0.4) is 0 Å². The van der Waals surface area contributed by atoms with E-state index in [2.05, 4.69) is 24.1 Å². The van der Waals surface area contributed by atoms with Gasteiger partial charge < -0.3 is 10.1 Å². The highest BCUT2D eigenvalue weighted by molar-refractivity contribution is 7.09. The topological polar surface area (TPSA) is 34.2 Å². The molecule has 102 valence electrons. The van der Waals surface area contributed by atoms with Gasteiger partial charge in [-0.1, -0.05) is 25.4 Å². The number of thiazole rings is 1. The summed E-state index contributed by atoms with van der Waals surface area (Å²) in [6, 6.07) is 7.82. The molecule has 1 heterocycles. The lowest BCUT2D eigenvalue weighted by atomic mass is 10.3. The lowest BCUT2D eigenvalue weighted by molar-refractivity contribution is 0.302. The maximum atomic E-state index is 5.82. The van der Waals surface area contributed by atoms with Crippen molar-refractivity contribution in [3.8, 4) is 5.75 Å². The second-order valence-electron chi connectivity index (χ2n) is 4.51. The van der Waals surface area contributed by atoms with E-state index in [-0.39, 0.29) is 0 Å². The molecule has 1 aromatic carbocycles. The molecule has 0 aliphatic carbocycles. The number of hydrogen-bond donors (Lipinski definition) is 1. The zero-order chi connectivity index (χ0) is 13.7. The Hall–Kier alpha value is -1.10. The summed E-state index contributed by atoms with van der Waals surface area (Å²) in [4.78, 5) is 4.52. The molecule has 5 heteroatoms. The third kappa shape index (κ3) is 4.82. The van der Waals surface area contributed by atoms with Crippen LogP contribution in [0.25, 0.3) is 0 Å². The third-order valence-corrected chi connectivity index (χ3v) is 3.61. The minimum absolute atomic E-state index is 0.470. The van der Waals surface area contributed by atoms with Crippen LogP contribution >= 0.6 is 22.9 Å². The second kappa shape index (κ2) is 6.89. The van der Waals surface area contributed by atoms with Crippen LogP contribution in [0.5, 0.6) is 5.75 Å². The molecule has 0 fully saturated rings. The van der Waals surface area contributed by atoms with Crippen molar-refractivity contribution >= 4 is 22.9 Å². The molecular weight excluding hydrogens is 280 g/mol. The zero-order valence-corrected chi connectivity index (χ0v) is 12.6. The molecule has 3 nitrogen and oxygen atoms in total. The Morgan fingerprint density at radius 3 is 2.74 bits per heavy atom. The number of hydrogen-bond acceptors (Lipinski definition) is 4. The summed E-state index contributed by atoms with van der Waals surface area (Å²) in [6.07, 6.45) is 0. The second-order valence-corrected chi connectivity index (χ2v) is 5.89. The van der Waals surface area contributed by atoms with Crippen LogP contribution < -0.4 is 10.1 Å². The van der Waals surface area contributed by atoms with Gasteiger partial charge in [0, 0.05) is 23.0 Å². The highest BCUT2D eigenvalue weighted by atomic mass is 35.5. The van der Waals surface area contributed by atoms with Gasteiger partial charge in [0.05, 0.1) is 5.69 Å². The molecular formula is C14H17ClN2OS. The lowest BCUT2D eigenvalue weighted by Crippen LogP contribution is -2.21. The molecule has 19 heavy (non-hydrogen) atoms. The maximum absolute atomic E-state index is 5.82. The van der Waals surface area contributed by atoms with E-state index in [1.165, 1.54) is 0 Å². The number of rotatable bonds is 6. The fraction of sp³-hybridized carbons (Fsp3) is 0.357. The molecule has 2 aromatic rings. The van der Waals surface area contributed by atoms with Gasteiger partial charge in [-0.3, -0.25) is 0 Å². The van der Waals surface area contributed by atoms with Crippen molar-refractivity contribution in [2.24, 2.45) is 0 Å². The standard InChI is InChI=1S/C14H17ClN2OS/c1-10(2)16-7-14-17-12(9-19-14)8-18-13-5-3-11(15)4-6-13/h3-6,9-10,16H,7-8H2,1-2H3. The zero-order valence-electron chi connectivity index (χ0n) is 11.0. The Morgan fingerprint density at radius 1 is 1.32 bits per heavy atom. The molecule has 1 aromatic heterocycles. The van der Waals surface area contributed by atoms with Gasteiger partial charge >= 0.3 is 0 Å². The predicted octanol–water partition coefficient (Wildman–Crippen LogP) is 3.87. The van der Waals surface area contributed by atoms with Crippen molar-refractivity contribution in [1.82, 2.24) is 10.3 Å². The van der Waals surface area contributed by atoms with Crippen molar-refractivity contribution < 1.29 is 4.74 Å². The van der Waals surface area contributed by atoms with Gasteiger partial charge in [-0.05, 0) is 24.3 Å². The van der Waals surface area contributed by atoms with Crippen LogP contribution in [0.2, 0.25) is 5.02 Å². The van der Waals surface area contributed by atoms with Gasteiger partial charge in [0.2, 0.25) is 0 Å². The van der Waals surface area contributed by atoms with Crippen LogP contribution in [0.15, 0.2) is 29.6 Å². The van der Waals surface area contributed by atoms with E-state index in [4.69, 9.17) is 16.3 Å². The van der Waals surface area contributed by atoms with Crippen LogP contribution in [0, 0.1) is 0 Å². The van der Waals surface area contributed by atoms with Crippen molar-refractivity contribution in [2.75, 3.05) is 0 Å². The monoisotopic (exact) mass is 296 g/mol. The molecule has 2 rings (SSSR count). The molecule has 0 unspecified atom stereocenters. The first-order valence-corrected chi connectivity index (χ1v) is 7.44. The fourth-order valence-electron chi connectivity index (χ4n) is 1.48. The first-order valence-electron chi connectivity index (χ1n) is 6.18. The SMILES string of the molecule is CC(C)NCc1nc(COc2ccc(Cl)cc2)cs1. The molecule has 0 saturated carbocycles. The van der Waals surface area contributed by atoms with Gasteiger partial charge in [-0.2, -0.15) is 0 Å². The molecule has 0 aliphatic rings. The maximum Gasteiger partial charge on any atom is 0.131 e. The molecule has 1 N–H and O–H groups in total. The van der Waals surface area contributed by atoms with E-state index in [9.17, 15) is 0 Å². The van der Waals surface area contributed by atoms with Crippen molar-refractivity contribution in [2.45, 2.75) is 33.0 Å². The number of halogens is 1. The van der Waals surface area contributed by atoms with E-state index in [1.807, 2.05) is 29.6 Å². The van der Waals surface area contributed by atoms with E-state index in [0.717, 1.165) is 23.0 Å². The lowest BCUT2D eigenvalue weighted by Gasteiger charge is -2.05.